The normalized spacial score (nSPS) is 17.3. The zero-order valence-corrected chi connectivity index (χ0v) is 21.3. The van der Waals surface area contributed by atoms with Crippen LogP contribution in [0, 0.1) is 6.92 Å². The second-order valence-corrected chi connectivity index (χ2v) is 9.28. The van der Waals surface area contributed by atoms with Crippen molar-refractivity contribution in [2.45, 2.75) is 58.5 Å². The summed E-state index contributed by atoms with van der Waals surface area (Å²) in [5.74, 6) is -1.69. The lowest BCUT2D eigenvalue weighted by Gasteiger charge is -2.32. The molecule has 1 saturated carbocycles. The summed E-state index contributed by atoms with van der Waals surface area (Å²) in [6, 6.07) is 10.4. The monoisotopic (exact) mass is 505 g/mol. The van der Waals surface area contributed by atoms with E-state index >= 15 is 0 Å². The third-order valence-electron chi connectivity index (χ3n) is 6.68. The second kappa shape index (κ2) is 11.3. The van der Waals surface area contributed by atoms with Gasteiger partial charge in [0.1, 0.15) is 11.5 Å². The number of hydrogen-bond donors (Lipinski definition) is 2. The highest BCUT2D eigenvalue weighted by atomic mass is 16.5. The summed E-state index contributed by atoms with van der Waals surface area (Å²) in [5.41, 5.74) is 2.60. The Hall–Kier alpha value is -4.14. The van der Waals surface area contributed by atoms with Crippen LogP contribution >= 0.6 is 0 Å². The maximum atomic E-state index is 13.4. The lowest BCUT2D eigenvalue weighted by atomic mass is 9.94. The van der Waals surface area contributed by atoms with E-state index in [0.717, 1.165) is 37.7 Å². The fraction of sp³-hybridized carbons (Fsp3) is 0.357. The van der Waals surface area contributed by atoms with Crippen LogP contribution in [-0.2, 0) is 30.5 Å². The summed E-state index contributed by atoms with van der Waals surface area (Å²) in [7, 11) is 1.29. The van der Waals surface area contributed by atoms with Gasteiger partial charge in [0.25, 0.3) is 5.91 Å². The van der Waals surface area contributed by atoms with Crippen LogP contribution < -0.4 is 10.6 Å². The Labute approximate surface area is 215 Å². The highest BCUT2D eigenvalue weighted by Crippen LogP contribution is 2.37. The van der Waals surface area contributed by atoms with Crippen LogP contribution in [0.2, 0.25) is 0 Å². The first-order valence-electron chi connectivity index (χ1n) is 12.4. The molecule has 0 saturated heterocycles. The molecule has 0 unspecified atom stereocenters. The minimum atomic E-state index is -0.808. The number of esters is 1. The van der Waals surface area contributed by atoms with E-state index in [1.807, 2.05) is 19.1 Å². The van der Waals surface area contributed by atoms with E-state index in [1.54, 1.807) is 36.1 Å². The number of hydrogen-bond acceptors (Lipinski definition) is 6. The molecule has 2 N–H and O–H groups in total. The van der Waals surface area contributed by atoms with Crippen LogP contribution in [-0.4, -0.2) is 41.7 Å². The van der Waals surface area contributed by atoms with Crippen molar-refractivity contribution in [2.24, 2.45) is 0 Å². The number of furan rings is 1. The Morgan fingerprint density at radius 3 is 2.41 bits per heavy atom. The number of allylic oxidation sites excluding steroid dienone is 1. The SMILES string of the molecule is COC(=O)C1=C(C)N(C2CCCCC2)C(=O)/C1=C/c1ccc(CNC(=O)C(=O)Nc2ccc(C)cc2)o1. The number of ether oxygens (including phenoxy) is 1. The van der Waals surface area contributed by atoms with Crippen LogP contribution in [0.1, 0.15) is 56.1 Å². The maximum absolute atomic E-state index is 13.4. The first kappa shape index (κ1) is 25.9. The van der Waals surface area contributed by atoms with Gasteiger partial charge < -0.3 is 24.7 Å². The smallest absolute Gasteiger partial charge is 0.340 e. The van der Waals surface area contributed by atoms with E-state index in [1.165, 1.54) is 13.2 Å². The number of carbonyl (C=O) groups is 4. The summed E-state index contributed by atoms with van der Waals surface area (Å²) >= 11 is 0. The summed E-state index contributed by atoms with van der Waals surface area (Å²) in [4.78, 5) is 52.0. The molecule has 1 aliphatic heterocycles. The average Bonchev–Trinajstić information content (AvgIpc) is 3.45. The lowest BCUT2D eigenvalue weighted by molar-refractivity contribution is -0.136. The van der Waals surface area contributed by atoms with E-state index in [-0.39, 0.29) is 29.6 Å². The molecule has 2 aliphatic rings. The van der Waals surface area contributed by atoms with Crippen molar-refractivity contribution in [3.05, 3.63) is 70.3 Å². The molecular formula is C28H31N3O6. The van der Waals surface area contributed by atoms with Crippen LogP contribution in [0.3, 0.4) is 0 Å². The number of benzene rings is 1. The van der Waals surface area contributed by atoms with Gasteiger partial charge in [-0.05, 0) is 57.0 Å². The standard InChI is InChI=1S/C28H31N3O6/c1-17-9-11-19(12-10-17)30-26(33)25(32)29-16-22-14-13-21(37-22)15-23-24(28(35)36-3)18(2)31(27(23)34)20-7-5-4-6-8-20/h9-15,20H,4-8,16H2,1-3H3,(H,29,32)(H,30,33)/b23-15+. The van der Waals surface area contributed by atoms with Gasteiger partial charge in [0.2, 0.25) is 0 Å². The van der Waals surface area contributed by atoms with Crippen LogP contribution in [0.5, 0.6) is 0 Å². The van der Waals surface area contributed by atoms with E-state index < -0.39 is 17.8 Å². The van der Waals surface area contributed by atoms with Crippen LogP contribution in [0.4, 0.5) is 5.69 Å². The summed E-state index contributed by atoms with van der Waals surface area (Å²) in [6.07, 6.45) is 6.55. The van der Waals surface area contributed by atoms with E-state index in [0.29, 0.717) is 22.9 Å². The number of carbonyl (C=O) groups excluding carboxylic acids is 4. The van der Waals surface area contributed by atoms with Gasteiger partial charge in [0.15, 0.2) is 0 Å². The number of aryl methyl sites for hydroxylation is 1. The van der Waals surface area contributed by atoms with Gasteiger partial charge in [-0.2, -0.15) is 0 Å². The van der Waals surface area contributed by atoms with Gasteiger partial charge in [-0.25, -0.2) is 4.79 Å². The number of methoxy groups -OCH3 is 1. The van der Waals surface area contributed by atoms with E-state index in [4.69, 9.17) is 9.15 Å². The summed E-state index contributed by atoms with van der Waals surface area (Å²) < 4.78 is 10.7. The Kier molecular flexibility index (Phi) is 7.91. The largest absolute Gasteiger partial charge is 0.465 e. The van der Waals surface area contributed by atoms with Crippen molar-refractivity contribution in [1.29, 1.82) is 0 Å². The molecule has 0 atom stereocenters. The van der Waals surface area contributed by atoms with Gasteiger partial charge in [0, 0.05) is 17.4 Å². The molecule has 4 rings (SSSR count). The van der Waals surface area contributed by atoms with Crippen molar-refractivity contribution < 1.29 is 28.3 Å². The number of nitrogens with zero attached hydrogens (tertiary/aromatic N) is 1. The predicted molar refractivity (Wildman–Crippen MR) is 137 cm³/mol. The number of nitrogens with one attached hydrogen (secondary N) is 2. The van der Waals surface area contributed by atoms with Crippen molar-refractivity contribution in [3.8, 4) is 0 Å². The molecule has 37 heavy (non-hydrogen) atoms. The minimum absolute atomic E-state index is 0.0236. The van der Waals surface area contributed by atoms with Crippen molar-refractivity contribution in [3.63, 3.8) is 0 Å². The third-order valence-corrected chi connectivity index (χ3v) is 6.68. The zero-order valence-electron chi connectivity index (χ0n) is 21.3. The Bertz CT molecular complexity index is 1270. The van der Waals surface area contributed by atoms with Gasteiger partial charge in [-0.3, -0.25) is 14.4 Å². The van der Waals surface area contributed by atoms with E-state index in [2.05, 4.69) is 10.6 Å². The molecule has 3 amide bonds. The van der Waals surface area contributed by atoms with Gasteiger partial charge in [-0.15, -0.1) is 0 Å². The molecule has 1 aromatic heterocycles. The first-order chi connectivity index (χ1) is 17.8. The second-order valence-electron chi connectivity index (χ2n) is 9.28. The molecule has 194 valence electrons. The lowest BCUT2D eigenvalue weighted by Crippen LogP contribution is -2.37. The fourth-order valence-electron chi connectivity index (χ4n) is 4.76. The van der Waals surface area contributed by atoms with Gasteiger partial charge in [0.05, 0.1) is 24.8 Å². The van der Waals surface area contributed by atoms with Crippen LogP contribution in [0.25, 0.3) is 6.08 Å². The van der Waals surface area contributed by atoms with Gasteiger partial charge in [-0.1, -0.05) is 37.0 Å². The van der Waals surface area contributed by atoms with Crippen molar-refractivity contribution >= 4 is 35.5 Å². The number of anilines is 1. The van der Waals surface area contributed by atoms with Gasteiger partial charge >= 0.3 is 17.8 Å². The molecule has 0 bridgehead atoms. The Morgan fingerprint density at radius 2 is 1.73 bits per heavy atom. The number of amides is 3. The highest BCUT2D eigenvalue weighted by molar-refractivity contribution is 6.39. The highest BCUT2D eigenvalue weighted by Gasteiger charge is 2.40. The van der Waals surface area contributed by atoms with Crippen molar-refractivity contribution in [1.82, 2.24) is 10.2 Å². The molecular weight excluding hydrogens is 474 g/mol. The molecule has 1 aliphatic carbocycles. The molecule has 9 heteroatoms. The minimum Gasteiger partial charge on any atom is -0.465 e. The Balaban J connectivity index is 1.44. The molecule has 1 fully saturated rings. The summed E-state index contributed by atoms with van der Waals surface area (Å²) in [5, 5.41) is 5.05. The fourth-order valence-corrected chi connectivity index (χ4v) is 4.76. The molecule has 9 nitrogen and oxygen atoms in total. The molecule has 1 aromatic carbocycles. The third kappa shape index (κ3) is 5.82. The average molecular weight is 506 g/mol. The molecule has 2 aromatic rings. The summed E-state index contributed by atoms with van der Waals surface area (Å²) in [6.45, 7) is 3.67. The maximum Gasteiger partial charge on any atom is 0.340 e. The van der Waals surface area contributed by atoms with Crippen molar-refractivity contribution in [2.75, 3.05) is 12.4 Å². The molecule has 0 spiro atoms. The topological polar surface area (TPSA) is 118 Å². The molecule has 2 heterocycles. The quantitative estimate of drug-likeness (QED) is 0.350. The van der Waals surface area contributed by atoms with Crippen LogP contribution in [0.15, 0.2) is 57.7 Å². The van der Waals surface area contributed by atoms with E-state index in [9.17, 15) is 19.2 Å². The molecule has 0 radical (unpaired) electrons. The zero-order chi connectivity index (χ0) is 26.5. The first-order valence-corrected chi connectivity index (χ1v) is 12.4. The predicted octanol–water partition coefficient (Wildman–Crippen LogP) is 3.85. The number of rotatable bonds is 6. The Morgan fingerprint density at radius 1 is 1.03 bits per heavy atom.